The van der Waals surface area contributed by atoms with Crippen LogP contribution >= 0.6 is 0 Å². The largest absolute Gasteiger partial charge is 0.478 e. The van der Waals surface area contributed by atoms with Gasteiger partial charge in [-0.15, -0.1) is 0 Å². The summed E-state index contributed by atoms with van der Waals surface area (Å²) in [7, 11) is -3.66. The van der Waals surface area contributed by atoms with Gasteiger partial charge in [0.2, 0.25) is 0 Å². The molecular formula is C12H18N2O4S. The molecule has 1 aromatic rings. The van der Waals surface area contributed by atoms with Gasteiger partial charge in [0.1, 0.15) is 0 Å². The fourth-order valence-electron chi connectivity index (χ4n) is 1.60. The van der Waals surface area contributed by atoms with Crippen LogP contribution in [-0.2, 0) is 10.0 Å². The minimum atomic E-state index is -3.66. The topological polar surface area (TPSA) is 87.6 Å². The number of aromatic nitrogens is 1. The first-order valence-corrected chi connectivity index (χ1v) is 7.42. The van der Waals surface area contributed by atoms with Crippen molar-refractivity contribution in [3.05, 3.63) is 23.9 Å². The molecule has 0 aliphatic rings. The molecule has 0 aliphatic heterocycles. The zero-order valence-corrected chi connectivity index (χ0v) is 12.0. The summed E-state index contributed by atoms with van der Waals surface area (Å²) in [4.78, 5) is 14.4. The Bertz CT molecular complexity index is 537. The predicted octanol–water partition coefficient (Wildman–Crippen LogP) is 1.45. The summed E-state index contributed by atoms with van der Waals surface area (Å²) in [5.41, 5.74) is -0.0362. The number of carboxylic acids is 1. The van der Waals surface area contributed by atoms with Crippen molar-refractivity contribution in [2.24, 2.45) is 5.92 Å². The number of hydrogen-bond donors (Lipinski definition) is 1. The number of nitrogens with zero attached hydrogens (tertiary/aromatic N) is 2. The van der Waals surface area contributed by atoms with E-state index in [0.717, 1.165) is 6.20 Å². The highest BCUT2D eigenvalue weighted by molar-refractivity contribution is 7.89. The van der Waals surface area contributed by atoms with Crippen LogP contribution in [0.25, 0.3) is 0 Å². The van der Waals surface area contributed by atoms with Crippen molar-refractivity contribution in [2.75, 3.05) is 13.1 Å². The lowest BCUT2D eigenvalue weighted by atomic mass is 10.2. The van der Waals surface area contributed by atoms with Crippen LogP contribution in [0.1, 0.15) is 31.1 Å². The fourth-order valence-corrected chi connectivity index (χ4v) is 3.12. The van der Waals surface area contributed by atoms with Gasteiger partial charge in [0, 0.05) is 19.3 Å². The Morgan fingerprint density at radius 2 is 2.05 bits per heavy atom. The molecule has 0 atom stereocenters. The van der Waals surface area contributed by atoms with E-state index in [9.17, 15) is 13.2 Å². The SMILES string of the molecule is CCN(CC(C)C)S(=O)(=O)c1ccc(C(=O)O)cn1. The third-order valence-electron chi connectivity index (χ3n) is 2.51. The molecule has 0 saturated heterocycles. The lowest BCUT2D eigenvalue weighted by Crippen LogP contribution is -2.34. The predicted molar refractivity (Wildman–Crippen MR) is 70.5 cm³/mol. The van der Waals surface area contributed by atoms with Crippen molar-refractivity contribution in [1.82, 2.24) is 9.29 Å². The van der Waals surface area contributed by atoms with Gasteiger partial charge in [-0.05, 0) is 18.1 Å². The number of sulfonamides is 1. The highest BCUT2D eigenvalue weighted by Crippen LogP contribution is 2.15. The monoisotopic (exact) mass is 286 g/mol. The summed E-state index contributed by atoms with van der Waals surface area (Å²) < 4.78 is 25.9. The van der Waals surface area contributed by atoms with E-state index in [4.69, 9.17) is 5.11 Å². The molecule has 0 aliphatic carbocycles. The first kappa shape index (κ1) is 15.6. The number of aromatic carboxylic acids is 1. The third-order valence-corrected chi connectivity index (χ3v) is 4.37. The minimum Gasteiger partial charge on any atom is -0.478 e. The lowest BCUT2D eigenvalue weighted by molar-refractivity contribution is 0.0696. The van der Waals surface area contributed by atoms with E-state index >= 15 is 0 Å². The molecule has 1 aromatic heterocycles. The van der Waals surface area contributed by atoms with Gasteiger partial charge in [-0.25, -0.2) is 18.2 Å². The maximum atomic E-state index is 12.3. The summed E-state index contributed by atoms with van der Waals surface area (Å²) in [5, 5.41) is 8.63. The third kappa shape index (κ3) is 3.74. The molecule has 0 spiro atoms. The smallest absolute Gasteiger partial charge is 0.337 e. The average Bonchev–Trinajstić information content (AvgIpc) is 2.35. The average molecular weight is 286 g/mol. The second kappa shape index (κ2) is 6.12. The maximum Gasteiger partial charge on any atom is 0.337 e. The Morgan fingerprint density at radius 1 is 1.42 bits per heavy atom. The molecule has 0 saturated carbocycles. The summed E-state index contributed by atoms with van der Waals surface area (Å²) in [5.74, 6) is -0.931. The van der Waals surface area contributed by atoms with Crippen LogP contribution in [0.3, 0.4) is 0 Å². The van der Waals surface area contributed by atoms with Crippen molar-refractivity contribution in [1.29, 1.82) is 0 Å². The normalized spacial score (nSPS) is 12.1. The van der Waals surface area contributed by atoms with Gasteiger partial charge in [0.15, 0.2) is 5.03 Å². The molecule has 1 heterocycles. The van der Waals surface area contributed by atoms with Crippen molar-refractivity contribution >= 4 is 16.0 Å². The van der Waals surface area contributed by atoms with Gasteiger partial charge < -0.3 is 5.11 Å². The summed E-state index contributed by atoms with van der Waals surface area (Å²) in [6.07, 6.45) is 1.05. The minimum absolute atomic E-state index is 0.0362. The Hall–Kier alpha value is -1.47. The molecule has 6 nitrogen and oxygen atoms in total. The zero-order valence-electron chi connectivity index (χ0n) is 11.2. The van der Waals surface area contributed by atoms with Crippen LogP contribution in [0.5, 0.6) is 0 Å². The second-order valence-corrected chi connectivity index (χ2v) is 6.42. The van der Waals surface area contributed by atoms with Crippen LogP contribution < -0.4 is 0 Å². The highest BCUT2D eigenvalue weighted by Gasteiger charge is 2.25. The number of carboxylic acid groups (broad SMARTS) is 1. The second-order valence-electron chi connectivity index (χ2n) is 4.54. The number of rotatable bonds is 6. The molecule has 0 aromatic carbocycles. The Balaban J connectivity index is 3.08. The van der Waals surface area contributed by atoms with E-state index in [1.54, 1.807) is 6.92 Å². The van der Waals surface area contributed by atoms with Crippen LogP contribution in [0.4, 0.5) is 0 Å². The van der Waals surface area contributed by atoms with Gasteiger partial charge in [0.05, 0.1) is 5.56 Å². The quantitative estimate of drug-likeness (QED) is 0.855. The molecular weight excluding hydrogens is 268 g/mol. The number of hydrogen-bond acceptors (Lipinski definition) is 4. The van der Waals surface area contributed by atoms with E-state index in [0.29, 0.717) is 13.1 Å². The molecule has 0 unspecified atom stereocenters. The van der Waals surface area contributed by atoms with E-state index in [1.165, 1.54) is 16.4 Å². The summed E-state index contributed by atoms with van der Waals surface area (Å²) in [6.45, 7) is 6.37. The van der Waals surface area contributed by atoms with Crippen molar-refractivity contribution in [3.8, 4) is 0 Å². The molecule has 0 bridgehead atoms. The summed E-state index contributed by atoms with van der Waals surface area (Å²) in [6, 6.07) is 2.47. The highest BCUT2D eigenvalue weighted by atomic mass is 32.2. The standard InChI is InChI=1S/C12H18N2O4S/c1-4-14(8-9(2)3)19(17,18)11-6-5-10(7-13-11)12(15)16/h5-7,9H,4,8H2,1-3H3,(H,15,16). The van der Waals surface area contributed by atoms with Gasteiger partial charge in [0.25, 0.3) is 10.0 Å². The van der Waals surface area contributed by atoms with E-state index < -0.39 is 16.0 Å². The number of pyridine rings is 1. The number of carbonyl (C=O) groups is 1. The van der Waals surface area contributed by atoms with E-state index in [1.807, 2.05) is 13.8 Å². The molecule has 7 heteroatoms. The Kier molecular flexibility index (Phi) is 5.02. The lowest BCUT2D eigenvalue weighted by Gasteiger charge is -2.21. The molecule has 1 N–H and O–H groups in total. The van der Waals surface area contributed by atoms with Gasteiger partial charge >= 0.3 is 5.97 Å². The summed E-state index contributed by atoms with van der Waals surface area (Å²) >= 11 is 0. The van der Waals surface area contributed by atoms with Gasteiger partial charge in [-0.2, -0.15) is 4.31 Å². The Labute approximate surface area is 113 Å². The molecule has 0 fully saturated rings. The van der Waals surface area contributed by atoms with Crippen LogP contribution in [0, 0.1) is 5.92 Å². The zero-order chi connectivity index (χ0) is 14.6. The van der Waals surface area contributed by atoms with E-state index in [2.05, 4.69) is 4.98 Å². The van der Waals surface area contributed by atoms with Crippen molar-refractivity contribution in [3.63, 3.8) is 0 Å². The van der Waals surface area contributed by atoms with E-state index in [-0.39, 0.29) is 16.5 Å². The Morgan fingerprint density at radius 3 is 2.42 bits per heavy atom. The van der Waals surface area contributed by atoms with Crippen LogP contribution in [0.2, 0.25) is 0 Å². The molecule has 1 rings (SSSR count). The van der Waals surface area contributed by atoms with Gasteiger partial charge in [-0.3, -0.25) is 0 Å². The fraction of sp³-hybridized carbons (Fsp3) is 0.500. The molecule has 0 radical (unpaired) electrons. The molecule has 106 valence electrons. The maximum absolute atomic E-state index is 12.3. The molecule has 19 heavy (non-hydrogen) atoms. The van der Waals surface area contributed by atoms with Crippen molar-refractivity contribution < 1.29 is 18.3 Å². The first-order chi connectivity index (χ1) is 8.78. The van der Waals surface area contributed by atoms with Crippen LogP contribution in [-0.4, -0.2) is 41.9 Å². The molecule has 0 amide bonds. The van der Waals surface area contributed by atoms with Gasteiger partial charge in [-0.1, -0.05) is 20.8 Å². The van der Waals surface area contributed by atoms with Crippen molar-refractivity contribution in [2.45, 2.75) is 25.8 Å². The van der Waals surface area contributed by atoms with Crippen LogP contribution in [0.15, 0.2) is 23.4 Å². The first-order valence-electron chi connectivity index (χ1n) is 5.98.